The summed E-state index contributed by atoms with van der Waals surface area (Å²) in [5.41, 5.74) is 11.0. The highest BCUT2D eigenvalue weighted by molar-refractivity contribution is 7.10. The molecule has 0 radical (unpaired) electrons. The normalized spacial score (nSPS) is 11.6. The van der Waals surface area contributed by atoms with E-state index in [1.54, 1.807) is 10.6 Å². The largest absolute Gasteiger partial charge is 0.405 e. The molecule has 0 atom stereocenters. The first-order valence-electron chi connectivity index (χ1n) is 3.97. The van der Waals surface area contributed by atoms with E-state index in [4.69, 9.17) is 11.5 Å². The van der Waals surface area contributed by atoms with Crippen LogP contribution in [0.15, 0.2) is 11.0 Å². The molecule has 1 aromatic rings. The summed E-state index contributed by atoms with van der Waals surface area (Å²) in [4.78, 5) is 12.1. The Bertz CT molecular complexity index is 375. The van der Waals surface area contributed by atoms with Crippen LogP contribution in [0.3, 0.4) is 0 Å². The summed E-state index contributed by atoms with van der Waals surface area (Å²) in [7, 11) is 0. The van der Waals surface area contributed by atoms with Gasteiger partial charge in [0.05, 0.1) is 4.88 Å². The highest BCUT2D eigenvalue weighted by atomic mass is 32.1. The zero-order chi connectivity index (χ0) is 10.0. The first-order valence-corrected chi connectivity index (χ1v) is 4.78. The number of rotatable bonds is 2. The van der Waals surface area contributed by atoms with Gasteiger partial charge in [-0.3, -0.25) is 9.36 Å². The van der Waals surface area contributed by atoms with E-state index < -0.39 is 0 Å². The monoisotopic (exact) mass is 199 g/mol. The van der Waals surface area contributed by atoms with Crippen molar-refractivity contribution in [2.24, 2.45) is 5.73 Å². The maximum absolute atomic E-state index is 11.4. The Hall–Kier alpha value is -1.23. The maximum atomic E-state index is 11.4. The molecule has 0 aliphatic carbocycles. The van der Waals surface area contributed by atoms with E-state index in [0.717, 1.165) is 16.2 Å². The van der Waals surface area contributed by atoms with Crippen LogP contribution in [0, 0.1) is 0 Å². The van der Waals surface area contributed by atoms with Gasteiger partial charge in [-0.15, -0.1) is 0 Å². The molecule has 4 N–H and O–H groups in total. The summed E-state index contributed by atoms with van der Waals surface area (Å²) in [6.07, 6.45) is 3.02. The van der Waals surface area contributed by atoms with Gasteiger partial charge in [-0.2, -0.15) is 0 Å². The van der Waals surface area contributed by atoms with Gasteiger partial charge in [-0.25, -0.2) is 0 Å². The standard InChI is InChI=1S/C8H13N3OS/c1-5(2)11-7(10)6(3-4-9)13-8(11)12/h3-5H,9-10H2,1-2H3/b4-3-. The second kappa shape index (κ2) is 3.66. The lowest BCUT2D eigenvalue weighted by molar-refractivity contribution is 0.599. The summed E-state index contributed by atoms with van der Waals surface area (Å²) in [6.45, 7) is 3.83. The third kappa shape index (κ3) is 1.75. The van der Waals surface area contributed by atoms with Gasteiger partial charge in [-0.05, 0) is 26.1 Å². The van der Waals surface area contributed by atoms with Crippen LogP contribution in [0.2, 0.25) is 0 Å². The van der Waals surface area contributed by atoms with Crippen LogP contribution >= 0.6 is 11.3 Å². The van der Waals surface area contributed by atoms with Gasteiger partial charge < -0.3 is 11.5 Å². The van der Waals surface area contributed by atoms with Crippen LogP contribution in [0.1, 0.15) is 24.8 Å². The minimum atomic E-state index is -0.0411. The van der Waals surface area contributed by atoms with E-state index in [1.807, 2.05) is 13.8 Å². The number of nitrogens with zero attached hydrogens (tertiary/aromatic N) is 1. The van der Waals surface area contributed by atoms with Gasteiger partial charge in [0.25, 0.3) is 0 Å². The number of hydrogen-bond acceptors (Lipinski definition) is 4. The summed E-state index contributed by atoms with van der Waals surface area (Å²) in [6, 6.07) is 0.0867. The highest BCUT2D eigenvalue weighted by Gasteiger charge is 2.11. The molecule has 0 aliphatic heterocycles. The molecule has 0 amide bonds. The van der Waals surface area contributed by atoms with Crippen LogP contribution in [0.25, 0.3) is 6.08 Å². The summed E-state index contributed by atoms with van der Waals surface area (Å²) >= 11 is 1.11. The van der Waals surface area contributed by atoms with Crippen molar-refractivity contribution >= 4 is 23.2 Å². The Morgan fingerprint density at radius 1 is 1.54 bits per heavy atom. The average Bonchev–Trinajstić information content (AvgIpc) is 2.28. The molecule has 72 valence electrons. The highest BCUT2D eigenvalue weighted by Crippen LogP contribution is 2.19. The van der Waals surface area contributed by atoms with E-state index in [1.165, 1.54) is 6.20 Å². The molecule has 0 aromatic carbocycles. The van der Waals surface area contributed by atoms with Crippen LogP contribution in [-0.2, 0) is 0 Å². The maximum Gasteiger partial charge on any atom is 0.309 e. The quantitative estimate of drug-likeness (QED) is 0.746. The summed E-state index contributed by atoms with van der Waals surface area (Å²) in [5, 5.41) is 0. The van der Waals surface area contributed by atoms with Gasteiger partial charge in [-0.1, -0.05) is 11.3 Å². The van der Waals surface area contributed by atoms with Crippen molar-refractivity contribution in [3.63, 3.8) is 0 Å². The van der Waals surface area contributed by atoms with Gasteiger partial charge in [0.1, 0.15) is 5.82 Å². The Kier molecular flexibility index (Phi) is 2.77. The lowest BCUT2D eigenvalue weighted by Crippen LogP contribution is -2.17. The molecule has 0 fully saturated rings. The molecule has 0 aliphatic rings. The predicted octanol–water partition coefficient (Wildman–Crippen LogP) is 1.00. The molecule has 0 unspecified atom stereocenters. The third-order valence-corrected chi connectivity index (χ3v) is 2.61. The fraction of sp³-hybridized carbons (Fsp3) is 0.375. The van der Waals surface area contributed by atoms with Crippen molar-refractivity contribution in [3.8, 4) is 0 Å². The van der Waals surface area contributed by atoms with Gasteiger partial charge in [0.15, 0.2) is 0 Å². The zero-order valence-corrected chi connectivity index (χ0v) is 8.47. The predicted molar refractivity (Wildman–Crippen MR) is 56.6 cm³/mol. The molecule has 1 rings (SSSR count). The number of aromatic nitrogens is 1. The Labute approximate surface area is 80.5 Å². The molecule has 13 heavy (non-hydrogen) atoms. The molecule has 0 saturated carbocycles. The first-order chi connectivity index (χ1) is 6.07. The summed E-state index contributed by atoms with van der Waals surface area (Å²) < 4.78 is 1.56. The number of thiazole rings is 1. The van der Waals surface area contributed by atoms with E-state index in [0.29, 0.717) is 5.82 Å². The molecule has 5 heteroatoms. The fourth-order valence-electron chi connectivity index (χ4n) is 1.11. The van der Waals surface area contributed by atoms with Crippen molar-refractivity contribution in [3.05, 3.63) is 20.7 Å². The van der Waals surface area contributed by atoms with Gasteiger partial charge >= 0.3 is 4.87 Å². The lowest BCUT2D eigenvalue weighted by atomic mass is 10.4. The molecular formula is C8H13N3OS. The van der Waals surface area contributed by atoms with E-state index in [9.17, 15) is 4.79 Å². The van der Waals surface area contributed by atoms with Crippen molar-refractivity contribution in [2.45, 2.75) is 19.9 Å². The summed E-state index contributed by atoms with van der Waals surface area (Å²) in [5.74, 6) is 0.492. The molecule has 1 aromatic heterocycles. The minimum Gasteiger partial charge on any atom is -0.405 e. The van der Waals surface area contributed by atoms with E-state index in [-0.39, 0.29) is 10.9 Å². The lowest BCUT2D eigenvalue weighted by Gasteiger charge is -2.07. The molecule has 4 nitrogen and oxygen atoms in total. The molecule has 0 bridgehead atoms. The molecule has 0 spiro atoms. The van der Waals surface area contributed by atoms with Crippen molar-refractivity contribution in [1.82, 2.24) is 4.57 Å². The van der Waals surface area contributed by atoms with E-state index >= 15 is 0 Å². The Morgan fingerprint density at radius 2 is 2.15 bits per heavy atom. The van der Waals surface area contributed by atoms with Crippen LogP contribution in [0.4, 0.5) is 5.82 Å². The van der Waals surface area contributed by atoms with Crippen LogP contribution in [0.5, 0.6) is 0 Å². The number of nitrogens with two attached hydrogens (primary N) is 2. The molecular weight excluding hydrogens is 186 g/mol. The Balaban J connectivity index is 3.31. The second-order valence-corrected chi connectivity index (χ2v) is 3.93. The number of hydrogen-bond donors (Lipinski definition) is 2. The second-order valence-electron chi connectivity index (χ2n) is 2.94. The first kappa shape index (κ1) is 9.85. The number of nitrogen functional groups attached to an aromatic ring is 1. The smallest absolute Gasteiger partial charge is 0.309 e. The van der Waals surface area contributed by atoms with Crippen LogP contribution in [-0.4, -0.2) is 4.57 Å². The Morgan fingerprint density at radius 3 is 2.54 bits per heavy atom. The van der Waals surface area contributed by atoms with Crippen LogP contribution < -0.4 is 16.3 Å². The van der Waals surface area contributed by atoms with Gasteiger partial charge in [0, 0.05) is 6.04 Å². The molecule has 1 heterocycles. The van der Waals surface area contributed by atoms with E-state index in [2.05, 4.69) is 0 Å². The fourth-order valence-corrected chi connectivity index (χ4v) is 2.05. The average molecular weight is 199 g/mol. The third-order valence-electron chi connectivity index (χ3n) is 1.67. The number of anilines is 1. The van der Waals surface area contributed by atoms with Crippen molar-refractivity contribution < 1.29 is 0 Å². The van der Waals surface area contributed by atoms with Crippen molar-refractivity contribution in [1.29, 1.82) is 0 Å². The van der Waals surface area contributed by atoms with Crippen molar-refractivity contribution in [2.75, 3.05) is 5.73 Å². The van der Waals surface area contributed by atoms with Gasteiger partial charge in [0.2, 0.25) is 0 Å². The topological polar surface area (TPSA) is 74.0 Å². The SMILES string of the molecule is CC(C)n1c(N)c(/C=C\N)sc1=O. The molecule has 0 saturated heterocycles. The zero-order valence-electron chi connectivity index (χ0n) is 7.65. The minimum absolute atomic E-state index is 0.0411.